The first-order valence-corrected chi connectivity index (χ1v) is 16.4. The van der Waals surface area contributed by atoms with E-state index in [1.807, 2.05) is 12.1 Å². The third kappa shape index (κ3) is 3.57. The van der Waals surface area contributed by atoms with Gasteiger partial charge in [0.05, 0.1) is 0 Å². The summed E-state index contributed by atoms with van der Waals surface area (Å²) in [6, 6.07) is 56.7. The van der Waals surface area contributed by atoms with Crippen molar-refractivity contribution in [1.29, 1.82) is 0 Å². The van der Waals surface area contributed by atoms with Gasteiger partial charge in [-0.3, -0.25) is 0 Å². The van der Waals surface area contributed by atoms with Gasteiger partial charge >= 0.3 is 0 Å². The molecule has 0 aliphatic rings. The Morgan fingerprint density at radius 2 is 0.833 bits per heavy atom. The van der Waals surface area contributed by atoms with Crippen LogP contribution in [0.5, 0.6) is 0 Å². The molecule has 9 aromatic carbocycles. The van der Waals surface area contributed by atoms with Gasteiger partial charge in [0.2, 0.25) is 0 Å². The van der Waals surface area contributed by atoms with Crippen LogP contribution in [0.15, 0.2) is 167 Å². The number of fused-ring (bicyclic) bond motifs is 11. The highest BCUT2D eigenvalue weighted by molar-refractivity contribution is 6.25. The highest BCUT2D eigenvalue weighted by atomic mass is 16.3. The highest BCUT2D eigenvalue weighted by Gasteiger charge is 2.19. The maximum atomic E-state index is 6.64. The molecule has 2 heteroatoms. The smallest absolute Gasteiger partial charge is 0.136 e. The Morgan fingerprint density at radius 1 is 0.271 bits per heavy atom. The van der Waals surface area contributed by atoms with Crippen molar-refractivity contribution in [3.8, 4) is 22.3 Å². The molecule has 0 saturated heterocycles. The Hall–Kier alpha value is -6.38. The van der Waals surface area contributed by atoms with Crippen LogP contribution >= 0.6 is 0 Å². The van der Waals surface area contributed by atoms with E-state index in [1.165, 1.54) is 54.4 Å². The van der Waals surface area contributed by atoms with Crippen molar-refractivity contribution in [2.75, 3.05) is 0 Å². The van der Waals surface area contributed by atoms with Crippen LogP contribution in [-0.2, 0) is 0 Å². The Balaban J connectivity index is 1.17. The Bertz CT molecular complexity index is 3060. The Kier molecular flexibility index (Phi) is 5.14. The van der Waals surface area contributed by atoms with Gasteiger partial charge in [-0.25, -0.2) is 0 Å². The van der Waals surface area contributed by atoms with Gasteiger partial charge in [-0.2, -0.15) is 0 Å². The molecule has 0 atom stereocenters. The first kappa shape index (κ1) is 25.8. The average Bonchev–Trinajstić information content (AvgIpc) is 3.70. The molecule has 0 bridgehead atoms. The zero-order valence-electron chi connectivity index (χ0n) is 25.8. The lowest BCUT2D eigenvalue weighted by atomic mass is 9.85. The summed E-state index contributed by atoms with van der Waals surface area (Å²) in [4.78, 5) is 0. The highest BCUT2D eigenvalue weighted by Crippen LogP contribution is 2.46. The van der Waals surface area contributed by atoms with E-state index in [-0.39, 0.29) is 0 Å². The molecular weight excluding hydrogens is 585 g/mol. The predicted octanol–water partition coefficient (Wildman–Crippen LogP) is 13.4. The second-order valence-corrected chi connectivity index (χ2v) is 12.8. The van der Waals surface area contributed by atoms with Gasteiger partial charge in [0.1, 0.15) is 22.3 Å². The molecule has 0 radical (unpaired) electrons. The van der Waals surface area contributed by atoms with Crippen molar-refractivity contribution >= 4 is 87.0 Å². The minimum atomic E-state index is 0.888. The molecule has 0 saturated carbocycles. The van der Waals surface area contributed by atoms with E-state index < -0.39 is 0 Å². The summed E-state index contributed by atoms with van der Waals surface area (Å²) in [6.07, 6.45) is 0. The maximum Gasteiger partial charge on any atom is 0.136 e. The lowest BCUT2D eigenvalue weighted by Gasteiger charge is -2.18. The number of benzene rings is 9. The van der Waals surface area contributed by atoms with Crippen LogP contribution in [-0.4, -0.2) is 0 Å². The van der Waals surface area contributed by atoms with Crippen LogP contribution in [0, 0.1) is 0 Å². The normalized spacial score (nSPS) is 12.2. The third-order valence-corrected chi connectivity index (χ3v) is 10.2. The summed E-state index contributed by atoms with van der Waals surface area (Å²) in [5.74, 6) is 0. The van der Waals surface area contributed by atoms with E-state index in [4.69, 9.17) is 8.83 Å². The van der Waals surface area contributed by atoms with E-state index in [1.54, 1.807) is 0 Å². The Morgan fingerprint density at radius 3 is 1.58 bits per heavy atom. The van der Waals surface area contributed by atoms with Crippen molar-refractivity contribution in [3.05, 3.63) is 158 Å². The molecule has 0 amide bonds. The van der Waals surface area contributed by atoms with Gasteiger partial charge in [-0.15, -0.1) is 0 Å². The monoisotopic (exact) mass is 610 g/mol. The first-order chi connectivity index (χ1) is 23.8. The predicted molar refractivity (Wildman–Crippen MR) is 202 cm³/mol. The van der Waals surface area contributed by atoms with Crippen LogP contribution in [0.2, 0.25) is 0 Å². The fourth-order valence-corrected chi connectivity index (χ4v) is 8.07. The first-order valence-electron chi connectivity index (χ1n) is 16.4. The van der Waals surface area contributed by atoms with Gasteiger partial charge in [-0.1, -0.05) is 115 Å². The fourth-order valence-electron chi connectivity index (χ4n) is 8.07. The lowest BCUT2D eigenvalue weighted by molar-refractivity contribution is 0.668. The molecule has 11 rings (SSSR count). The molecule has 2 aromatic heterocycles. The second-order valence-electron chi connectivity index (χ2n) is 12.8. The quantitative estimate of drug-likeness (QED) is 0.182. The molecule has 0 aliphatic carbocycles. The van der Waals surface area contributed by atoms with Crippen molar-refractivity contribution in [2.24, 2.45) is 0 Å². The van der Waals surface area contributed by atoms with Gasteiger partial charge in [0, 0.05) is 21.5 Å². The standard InChI is InChI=1S/C46H26O2/c1-2-10-28-23-30(18-17-27(28)9-1)44-33-12-3-5-14-35(33)45(36-15-6-4-13-34(36)44)31-19-21-37-42(25-31)48-41-22-20-29-24-43-39(26-38(29)46(37)41)32-11-7-8-16-40(32)47-43/h1-26H. The maximum absolute atomic E-state index is 6.64. The number of hydrogen-bond acceptors (Lipinski definition) is 2. The number of furan rings is 2. The molecule has 11 aromatic rings. The van der Waals surface area contributed by atoms with E-state index >= 15 is 0 Å². The summed E-state index contributed by atoms with van der Waals surface area (Å²) >= 11 is 0. The molecule has 48 heavy (non-hydrogen) atoms. The van der Waals surface area contributed by atoms with Crippen LogP contribution in [0.3, 0.4) is 0 Å². The van der Waals surface area contributed by atoms with Gasteiger partial charge in [0.15, 0.2) is 0 Å². The van der Waals surface area contributed by atoms with Crippen molar-refractivity contribution in [2.45, 2.75) is 0 Å². The molecule has 0 spiro atoms. The summed E-state index contributed by atoms with van der Waals surface area (Å²) in [7, 11) is 0. The summed E-state index contributed by atoms with van der Waals surface area (Å²) in [6.45, 7) is 0. The number of rotatable bonds is 2. The molecule has 2 nitrogen and oxygen atoms in total. The summed E-state index contributed by atoms with van der Waals surface area (Å²) < 4.78 is 12.8. The fraction of sp³-hybridized carbons (Fsp3) is 0. The van der Waals surface area contributed by atoms with Crippen LogP contribution in [0.1, 0.15) is 0 Å². The van der Waals surface area contributed by atoms with E-state index in [0.717, 1.165) is 54.8 Å². The van der Waals surface area contributed by atoms with E-state index in [0.29, 0.717) is 0 Å². The topological polar surface area (TPSA) is 26.3 Å². The van der Waals surface area contributed by atoms with Gasteiger partial charge < -0.3 is 8.83 Å². The third-order valence-electron chi connectivity index (χ3n) is 10.2. The van der Waals surface area contributed by atoms with Crippen LogP contribution in [0.4, 0.5) is 0 Å². The summed E-state index contributed by atoms with van der Waals surface area (Å²) in [5, 5.41) is 14.3. The second kappa shape index (κ2) is 9.57. The zero-order valence-corrected chi connectivity index (χ0v) is 25.8. The average molecular weight is 611 g/mol. The van der Waals surface area contributed by atoms with Gasteiger partial charge in [-0.05, 0) is 108 Å². The summed E-state index contributed by atoms with van der Waals surface area (Å²) in [5.41, 5.74) is 8.46. The minimum absolute atomic E-state index is 0.888. The molecule has 222 valence electrons. The molecule has 2 heterocycles. The molecule has 0 unspecified atom stereocenters. The molecular formula is C46H26O2. The van der Waals surface area contributed by atoms with Gasteiger partial charge in [0.25, 0.3) is 0 Å². The zero-order chi connectivity index (χ0) is 31.3. The largest absolute Gasteiger partial charge is 0.456 e. The SMILES string of the molecule is c1ccc2cc(-c3c4ccccc4c(-c4ccc5c(c4)oc4ccc6cc7oc8ccccc8c7cc6c45)c4ccccc34)ccc2c1. The lowest BCUT2D eigenvalue weighted by Crippen LogP contribution is -1.91. The van der Waals surface area contributed by atoms with Crippen LogP contribution < -0.4 is 0 Å². The number of hydrogen-bond donors (Lipinski definition) is 0. The van der Waals surface area contributed by atoms with E-state index in [9.17, 15) is 0 Å². The number of para-hydroxylation sites is 1. The molecule has 0 N–H and O–H groups in total. The minimum Gasteiger partial charge on any atom is -0.456 e. The van der Waals surface area contributed by atoms with Crippen molar-refractivity contribution in [3.63, 3.8) is 0 Å². The molecule has 0 aliphatic heterocycles. The van der Waals surface area contributed by atoms with Crippen molar-refractivity contribution in [1.82, 2.24) is 0 Å². The van der Waals surface area contributed by atoms with Crippen LogP contribution in [0.25, 0.3) is 109 Å². The van der Waals surface area contributed by atoms with Crippen molar-refractivity contribution < 1.29 is 8.83 Å². The van der Waals surface area contributed by atoms with E-state index in [2.05, 4.69) is 146 Å². The molecule has 0 fully saturated rings. The Labute approximate surface area is 275 Å².